The quantitative estimate of drug-likeness (QED) is 0.313. The van der Waals surface area contributed by atoms with Crippen LogP contribution in [0.25, 0.3) is 11.2 Å². The van der Waals surface area contributed by atoms with Gasteiger partial charge < -0.3 is 21.1 Å². The van der Waals surface area contributed by atoms with E-state index in [0.29, 0.717) is 29.3 Å². The fraction of sp³-hybridized carbons (Fsp3) is 0.318. The SMILES string of the molecule is CC(NC(=O)c1c(N)nn2cccnc12)c1cc(Cl)c2cncn2c1N1CCS(=O)(=O)CC1.O=C(O)C(F)(F)F. The van der Waals surface area contributed by atoms with Crippen LogP contribution in [0.5, 0.6) is 0 Å². The van der Waals surface area contributed by atoms with Crippen LogP contribution in [0.4, 0.5) is 24.8 Å². The summed E-state index contributed by atoms with van der Waals surface area (Å²) in [6.45, 7) is 2.48. The molecular formula is C22H22ClF3N8O5S. The van der Waals surface area contributed by atoms with Crippen molar-refractivity contribution in [1.29, 1.82) is 0 Å². The predicted octanol–water partition coefficient (Wildman–Crippen LogP) is 1.97. The molecule has 214 valence electrons. The number of hydrogen-bond donors (Lipinski definition) is 3. The number of carboxylic acid groups (broad SMARTS) is 1. The monoisotopic (exact) mass is 602 g/mol. The lowest BCUT2D eigenvalue weighted by molar-refractivity contribution is -0.192. The first-order valence-electron chi connectivity index (χ1n) is 11.5. The van der Waals surface area contributed by atoms with E-state index in [2.05, 4.69) is 20.4 Å². The van der Waals surface area contributed by atoms with Gasteiger partial charge in [-0.1, -0.05) is 11.6 Å². The molecule has 5 heterocycles. The lowest BCUT2D eigenvalue weighted by atomic mass is 10.1. The standard InChI is InChI=1S/C20H21ClN8O3S.C2HF3O2/c1-12(25-19(30)16-17(22)26-29-4-2-3-24-18(16)29)13-9-14(21)15-10-23-11-28(15)20(13)27-5-7-33(31,32)8-6-27;3-2(4,5)1(6)7/h2-4,9-12H,5-8H2,1H3,(H2,22,26)(H,25,30);(H,6,7). The van der Waals surface area contributed by atoms with Crippen molar-refractivity contribution in [3.63, 3.8) is 0 Å². The van der Waals surface area contributed by atoms with E-state index >= 15 is 0 Å². The van der Waals surface area contributed by atoms with Gasteiger partial charge in [-0.2, -0.15) is 13.2 Å². The molecule has 40 heavy (non-hydrogen) atoms. The van der Waals surface area contributed by atoms with Gasteiger partial charge in [-0.15, -0.1) is 5.10 Å². The smallest absolute Gasteiger partial charge is 0.475 e. The number of fused-ring (bicyclic) bond motifs is 2. The number of amides is 1. The Kier molecular flexibility index (Phi) is 7.80. The van der Waals surface area contributed by atoms with E-state index in [1.807, 2.05) is 16.2 Å². The van der Waals surface area contributed by atoms with Gasteiger partial charge in [-0.25, -0.2) is 27.7 Å². The van der Waals surface area contributed by atoms with Crippen LogP contribution in [0.3, 0.4) is 0 Å². The number of carbonyl (C=O) groups excluding carboxylic acids is 1. The first-order chi connectivity index (χ1) is 18.7. The van der Waals surface area contributed by atoms with Crippen LogP contribution >= 0.6 is 11.6 Å². The largest absolute Gasteiger partial charge is 0.490 e. The first kappa shape index (κ1) is 28.9. The zero-order valence-corrected chi connectivity index (χ0v) is 22.2. The number of aliphatic carboxylic acids is 1. The molecule has 0 aromatic carbocycles. The van der Waals surface area contributed by atoms with E-state index in [-0.39, 0.29) is 22.9 Å². The summed E-state index contributed by atoms with van der Waals surface area (Å²) in [5, 5.41) is 14.7. The number of sulfone groups is 1. The maximum Gasteiger partial charge on any atom is 0.490 e. The molecule has 18 heteroatoms. The van der Waals surface area contributed by atoms with Crippen molar-refractivity contribution < 1.29 is 36.3 Å². The predicted molar refractivity (Wildman–Crippen MR) is 138 cm³/mol. The van der Waals surface area contributed by atoms with Gasteiger partial charge in [0.2, 0.25) is 0 Å². The van der Waals surface area contributed by atoms with Gasteiger partial charge in [-0.3, -0.25) is 9.20 Å². The second kappa shape index (κ2) is 10.8. The maximum atomic E-state index is 13.2. The molecule has 1 aliphatic rings. The molecular weight excluding hydrogens is 581 g/mol. The molecule has 0 saturated carbocycles. The Morgan fingerprint density at radius 3 is 2.52 bits per heavy atom. The summed E-state index contributed by atoms with van der Waals surface area (Å²) in [6, 6.07) is 2.98. The highest BCUT2D eigenvalue weighted by Gasteiger charge is 2.38. The van der Waals surface area contributed by atoms with Gasteiger partial charge >= 0.3 is 12.1 Å². The minimum atomic E-state index is -5.08. The Balaban J connectivity index is 0.000000470. The van der Waals surface area contributed by atoms with E-state index in [4.69, 9.17) is 27.2 Å². The normalized spacial score (nSPS) is 15.9. The topological polar surface area (TPSA) is 177 Å². The third-order valence-corrected chi connectivity index (χ3v) is 7.91. The Morgan fingerprint density at radius 2 is 1.90 bits per heavy atom. The van der Waals surface area contributed by atoms with Crippen LogP contribution in [0.2, 0.25) is 5.02 Å². The number of rotatable bonds is 4. The van der Waals surface area contributed by atoms with Crippen molar-refractivity contribution in [2.45, 2.75) is 19.1 Å². The molecule has 4 aromatic heterocycles. The zero-order valence-electron chi connectivity index (χ0n) is 20.6. The number of nitrogens with one attached hydrogen (secondary N) is 1. The van der Waals surface area contributed by atoms with E-state index in [1.54, 1.807) is 37.1 Å². The van der Waals surface area contributed by atoms with Crippen LogP contribution in [0.15, 0.2) is 37.1 Å². The van der Waals surface area contributed by atoms with Crippen LogP contribution in [-0.2, 0) is 14.6 Å². The number of nitrogen functional groups attached to an aromatic ring is 1. The number of pyridine rings is 1. The van der Waals surface area contributed by atoms with E-state index in [0.717, 1.165) is 11.4 Å². The molecule has 5 rings (SSSR count). The highest BCUT2D eigenvalue weighted by molar-refractivity contribution is 7.91. The minimum absolute atomic E-state index is 0.0522. The number of aromatic nitrogens is 5. The fourth-order valence-corrected chi connectivity index (χ4v) is 5.56. The number of carboxylic acids is 1. The molecule has 0 radical (unpaired) electrons. The molecule has 1 saturated heterocycles. The van der Waals surface area contributed by atoms with Crippen molar-refractivity contribution in [3.05, 3.63) is 53.2 Å². The number of nitrogens with two attached hydrogens (primary N) is 1. The first-order valence-corrected chi connectivity index (χ1v) is 13.7. The average molecular weight is 603 g/mol. The molecule has 1 fully saturated rings. The second-order valence-corrected chi connectivity index (χ2v) is 11.4. The van der Waals surface area contributed by atoms with Crippen LogP contribution in [-0.4, -0.2) is 80.2 Å². The Hall–Kier alpha value is -4.12. The van der Waals surface area contributed by atoms with Gasteiger partial charge in [0.05, 0.1) is 34.3 Å². The van der Waals surface area contributed by atoms with E-state index in [1.165, 1.54) is 4.52 Å². The van der Waals surface area contributed by atoms with Crippen molar-refractivity contribution in [2.75, 3.05) is 35.2 Å². The summed E-state index contributed by atoms with van der Waals surface area (Å²) in [7, 11) is -3.07. The number of hydrogen-bond acceptors (Lipinski definition) is 9. The summed E-state index contributed by atoms with van der Waals surface area (Å²) in [6.07, 6.45) is 1.41. The number of carbonyl (C=O) groups is 2. The number of nitrogens with zero attached hydrogens (tertiary/aromatic N) is 6. The van der Waals surface area contributed by atoms with Crippen molar-refractivity contribution in [3.8, 4) is 0 Å². The summed E-state index contributed by atoms with van der Waals surface area (Å²) in [5.41, 5.74) is 7.94. The molecule has 1 aliphatic heterocycles. The van der Waals surface area contributed by atoms with Gasteiger partial charge in [-0.05, 0) is 19.1 Å². The molecule has 13 nitrogen and oxygen atoms in total. The Labute approximate surface area is 229 Å². The van der Waals surface area contributed by atoms with Crippen molar-refractivity contribution in [2.24, 2.45) is 0 Å². The van der Waals surface area contributed by atoms with Crippen LogP contribution < -0.4 is 16.0 Å². The Morgan fingerprint density at radius 1 is 1.25 bits per heavy atom. The third-order valence-electron chi connectivity index (χ3n) is 6.00. The molecule has 4 aromatic rings. The summed E-state index contributed by atoms with van der Waals surface area (Å²) >= 11 is 6.51. The number of halogens is 4. The summed E-state index contributed by atoms with van der Waals surface area (Å²) < 4.78 is 59.0. The number of imidazole rings is 1. The summed E-state index contributed by atoms with van der Waals surface area (Å²) in [4.78, 5) is 32.5. The molecule has 0 aliphatic carbocycles. The van der Waals surface area contributed by atoms with Crippen molar-refractivity contribution >= 4 is 56.1 Å². The zero-order chi connectivity index (χ0) is 29.4. The number of alkyl halides is 3. The van der Waals surface area contributed by atoms with E-state index < -0.39 is 33.9 Å². The number of anilines is 2. The lowest BCUT2D eigenvalue weighted by Gasteiger charge is -2.32. The van der Waals surface area contributed by atoms with E-state index in [9.17, 15) is 26.4 Å². The molecule has 0 bridgehead atoms. The van der Waals surface area contributed by atoms with Crippen LogP contribution in [0.1, 0.15) is 28.9 Å². The minimum Gasteiger partial charge on any atom is -0.475 e. The molecule has 1 atom stereocenters. The lowest BCUT2D eigenvalue weighted by Crippen LogP contribution is -2.42. The summed E-state index contributed by atoms with van der Waals surface area (Å²) in [5.74, 6) is -2.27. The van der Waals surface area contributed by atoms with Crippen molar-refractivity contribution in [1.82, 2.24) is 29.3 Å². The highest BCUT2D eigenvalue weighted by atomic mass is 35.5. The van der Waals surface area contributed by atoms with Gasteiger partial charge in [0.15, 0.2) is 21.3 Å². The Bertz CT molecular complexity index is 1690. The fourth-order valence-electron chi connectivity index (χ4n) is 4.10. The third kappa shape index (κ3) is 5.89. The second-order valence-electron chi connectivity index (χ2n) is 8.71. The average Bonchev–Trinajstić information content (AvgIpc) is 3.48. The van der Waals surface area contributed by atoms with Gasteiger partial charge in [0, 0.05) is 31.0 Å². The van der Waals surface area contributed by atoms with Crippen LogP contribution in [0, 0.1) is 0 Å². The molecule has 1 unspecified atom stereocenters. The van der Waals surface area contributed by atoms with Gasteiger partial charge in [0.25, 0.3) is 5.91 Å². The van der Waals surface area contributed by atoms with Gasteiger partial charge in [0.1, 0.15) is 17.7 Å². The maximum absolute atomic E-state index is 13.2. The highest BCUT2D eigenvalue weighted by Crippen LogP contribution is 2.34. The molecule has 0 spiro atoms. The molecule has 1 amide bonds. The molecule has 4 N–H and O–H groups in total.